The second-order valence-corrected chi connectivity index (χ2v) is 6.18. The fraction of sp³-hybridized carbons (Fsp3) is 0.412. The summed E-state index contributed by atoms with van der Waals surface area (Å²) in [6, 6.07) is 6.50. The third-order valence-corrected chi connectivity index (χ3v) is 4.12. The number of fused-ring (bicyclic) bond motifs is 1. The van der Waals surface area contributed by atoms with E-state index in [0.29, 0.717) is 6.61 Å². The first-order valence-electron chi connectivity index (χ1n) is 8.76. The van der Waals surface area contributed by atoms with E-state index in [1.165, 1.54) is 11.1 Å². The molecule has 10 nitrogen and oxygen atoms in total. The van der Waals surface area contributed by atoms with Gasteiger partial charge in [0.25, 0.3) is 5.91 Å². The lowest BCUT2D eigenvalue weighted by molar-refractivity contribution is -0.121. The number of nitrogens with zero attached hydrogens (tertiary/aromatic N) is 2. The molecular formula is C17H22N6O4. The van der Waals surface area contributed by atoms with Crippen molar-refractivity contribution in [3.63, 3.8) is 0 Å². The summed E-state index contributed by atoms with van der Waals surface area (Å²) in [4.78, 5) is 36.4. The van der Waals surface area contributed by atoms with Crippen molar-refractivity contribution in [1.29, 1.82) is 0 Å². The van der Waals surface area contributed by atoms with E-state index in [9.17, 15) is 14.4 Å². The predicted octanol–water partition coefficient (Wildman–Crippen LogP) is 0.306. The molecule has 2 saturated heterocycles. The summed E-state index contributed by atoms with van der Waals surface area (Å²) >= 11 is 0. The molecule has 144 valence electrons. The molecule has 3 rings (SSSR count). The van der Waals surface area contributed by atoms with Crippen molar-refractivity contribution in [1.82, 2.24) is 26.3 Å². The number of unbranched alkanes of at least 4 members (excludes halogenated alkanes) is 1. The molecule has 2 aliphatic rings. The summed E-state index contributed by atoms with van der Waals surface area (Å²) in [5.74, 6) is 0.314. The van der Waals surface area contributed by atoms with Gasteiger partial charge in [-0.3, -0.25) is 9.69 Å². The van der Waals surface area contributed by atoms with Gasteiger partial charge in [-0.05, 0) is 36.2 Å². The third kappa shape index (κ3) is 4.66. The van der Waals surface area contributed by atoms with E-state index in [2.05, 4.69) is 33.4 Å². The number of hydrogen-bond acceptors (Lipinski definition) is 5. The van der Waals surface area contributed by atoms with E-state index in [-0.39, 0.29) is 6.54 Å². The number of carbonyl (C=O) groups is 3. The molecule has 2 unspecified atom stereocenters. The van der Waals surface area contributed by atoms with Gasteiger partial charge in [-0.25, -0.2) is 15.0 Å². The van der Waals surface area contributed by atoms with Crippen LogP contribution in [0, 0.1) is 0 Å². The first kappa shape index (κ1) is 18.5. The number of amides is 5. The molecule has 0 spiro atoms. The molecule has 0 bridgehead atoms. The van der Waals surface area contributed by atoms with Gasteiger partial charge in [0.05, 0.1) is 12.8 Å². The number of nitrogens with one attached hydrogen (secondary N) is 4. The van der Waals surface area contributed by atoms with Crippen molar-refractivity contribution in [2.24, 2.45) is 5.10 Å². The van der Waals surface area contributed by atoms with Crippen LogP contribution >= 0.6 is 0 Å². The Morgan fingerprint density at radius 2 is 2.04 bits per heavy atom. The normalized spacial score (nSPS) is 20.9. The maximum absolute atomic E-state index is 12.0. The van der Waals surface area contributed by atoms with Crippen molar-refractivity contribution in [2.75, 3.05) is 13.2 Å². The number of hydrogen-bond donors (Lipinski definition) is 4. The van der Waals surface area contributed by atoms with E-state index in [4.69, 9.17) is 4.74 Å². The molecule has 2 heterocycles. The fourth-order valence-corrected chi connectivity index (χ4v) is 2.72. The Labute approximate surface area is 156 Å². The Bertz CT molecular complexity index is 735. The smallest absolute Gasteiger partial charge is 0.321 e. The lowest BCUT2D eigenvalue weighted by Crippen LogP contribution is -2.47. The van der Waals surface area contributed by atoms with Crippen LogP contribution < -0.4 is 26.1 Å². The van der Waals surface area contributed by atoms with Crippen LogP contribution in [0.5, 0.6) is 5.75 Å². The van der Waals surface area contributed by atoms with Crippen molar-refractivity contribution in [3.8, 4) is 5.75 Å². The maximum Gasteiger partial charge on any atom is 0.321 e. The van der Waals surface area contributed by atoms with Crippen LogP contribution in [0.1, 0.15) is 25.3 Å². The lowest BCUT2D eigenvalue weighted by atomic mass is 10.2. The summed E-state index contributed by atoms with van der Waals surface area (Å²) < 4.78 is 5.58. The molecule has 4 N–H and O–H groups in total. The zero-order chi connectivity index (χ0) is 19.2. The topological polar surface area (TPSA) is 124 Å². The van der Waals surface area contributed by atoms with Gasteiger partial charge in [0, 0.05) is 0 Å². The number of carbonyl (C=O) groups excluding carboxylic acids is 3. The highest BCUT2D eigenvalue weighted by molar-refractivity contribution is 5.89. The largest absolute Gasteiger partial charge is 0.494 e. The van der Waals surface area contributed by atoms with Gasteiger partial charge >= 0.3 is 12.1 Å². The summed E-state index contributed by atoms with van der Waals surface area (Å²) in [6.45, 7) is 2.56. The molecule has 0 aliphatic carbocycles. The molecule has 0 saturated carbocycles. The Kier molecular flexibility index (Phi) is 5.74. The molecule has 5 amide bonds. The standard InChI is InChI=1S/C17H22N6O4/c1-2-3-8-27-12-6-4-11(5-7-12)9-18-22-13(24)10-23-15-14(20-17(23)26)19-16(25)21-15/h4-7,9,14-15H,2-3,8,10H2,1H3,(H,20,26)(H,22,24)(H2,19,21,25). The van der Waals surface area contributed by atoms with Gasteiger partial charge in [0.1, 0.15) is 24.6 Å². The summed E-state index contributed by atoms with van der Waals surface area (Å²) in [5.41, 5.74) is 3.17. The molecule has 1 aromatic carbocycles. The molecule has 2 atom stereocenters. The van der Waals surface area contributed by atoms with Gasteiger partial charge in [0.15, 0.2) is 0 Å². The van der Waals surface area contributed by atoms with Crippen LogP contribution in [0.2, 0.25) is 0 Å². The molecule has 1 aromatic rings. The van der Waals surface area contributed by atoms with E-state index in [0.717, 1.165) is 24.2 Å². The number of ether oxygens (including phenoxy) is 1. The highest BCUT2D eigenvalue weighted by Gasteiger charge is 2.45. The summed E-state index contributed by atoms with van der Waals surface area (Å²) in [6.07, 6.45) is 2.44. The van der Waals surface area contributed by atoms with Crippen molar-refractivity contribution in [3.05, 3.63) is 29.8 Å². The highest BCUT2D eigenvalue weighted by atomic mass is 16.5. The number of hydrazone groups is 1. The quantitative estimate of drug-likeness (QED) is 0.297. The number of rotatable bonds is 8. The Balaban J connectivity index is 1.46. The lowest BCUT2D eigenvalue weighted by Gasteiger charge is -2.19. The van der Waals surface area contributed by atoms with Crippen LogP contribution in [0.3, 0.4) is 0 Å². The maximum atomic E-state index is 12.0. The monoisotopic (exact) mass is 374 g/mol. The van der Waals surface area contributed by atoms with E-state index < -0.39 is 30.3 Å². The molecular weight excluding hydrogens is 352 g/mol. The minimum Gasteiger partial charge on any atom is -0.494 e. The van der Waals surface area contributed by atoms with Crippen LogP contribution in [0.25, 0.3) is 0 Å². The van der Waals surface area contributed by atoms with Crippen LogP contribution in [-0.2, 0) is 4.79 Å². The minimum absolute atomic E-state index is 0.226. The third-order valence-electron chi connectivity index (χ3n) is 4.12. The predicted molar refractivity (Wildman–Crippen MR) is 97.1 cm³/mol. The summed E-state index contributed by atoms with van der Waals surface area (Å²) in [7, 11) is 0. The van der Waals surface area contributed by atoms with Crippen LogP contribution in [-0.4, -0.2) is 54.6 Å². The summed E-state index contributed by atoms with van der Waals surface area (Å²) in [5, 5.41) is 11.6. The number of urea groups is 2. The number of benzene rings is 1. The molecule has 0 radical (unpaired) electrons. The van der Waals surface area contributed by atoms with Crippen molar-refractivity contribution >= 4 is 24.2 Å². The zero-order valence-corrected chi connectivity index (χ0v) is 14.9. The minimum atomic E-state index is -0.597. The molecule has 10 heteroatoms. The van der Waals surface area contributed by atoms with Gasteiger partial charge in [-0.2, -0.15) is 5.10 Å². The average Bonchev–Trinajstić information content (AvgIpc) is 3.13. The van der Waals surface area contributed by atoms with E-state index in [1.54, 1.807) is 0 Å². The SMILES string of the molecule is CCCCOc1ccc(C=NNC(=O)CN2C(=O)NC3NC(=O)NC32)cc1. The van der Waals surface area contributed by atoms with E-state index >= 15 is 0 Å². The van der Waals surface area contributed by atoms with Gasteiger partial charge in [-0.1, -0.05) is 13.3 Å². The highest BCUT2D eigenvalue weighted by Crippen LogP contribution is 2.13. The Morgan fingerprint density at radius 3 is 2.78 bits per heavy atom. The Hall–Kier alpha value is -3.30. The van der Waals surface area contributed by atoms with E-state index in [1.807, 2.05) is 24.3 Å². The van der Waals surface area contributed by atoms with Crippen molar-refractivity contribution in [2.45, 2.75) is 32.1 Å². The molecule has 2 fully saturated rings. The zero-order valence-electron chi connectivity index (χ0n) is 14.9. The average molecular weight is 374 g/mol. The second kappa shape index (κ2) is 8.39. The molecule has 27 heavy (non-hydrogen) atoms. The van der Waals surface area contributed by atoms with Crippen molar-refractivity contribution < 1.29 is 19.1 Å². The van der Waals surface area contributed by atoms with Gasteiger partial charge in [0.2, 0.25) is 0 Å². The molecule has 2 aliphatic heterocycles. The Morgan fingerprint density at radius 1 is 1.26 bits per heavy atom. The second-order valence-electron chi connectivity index (χ2n) is 6.18. The van der Waals surface area contributed by atoms with Crippen LogP contribution in [0.4, 0.5) is 9.59 Å². The molecule has 0 aromatic heterocycles. The first-order chi connectivity index (χ1) is 13.1. The fourth-order valence-electron chi connectivity index (χ4n) is 2.72. The van der Waals surface area contributed by atoms with Gasteiger partial charge in [-0.15, -0.1) is 0 Å². The van der Waals surface area contributed by atoms with Gasteiger partial charge < -0.3 is 20.7 Å². The first-order valence-corrected chi connectivity index (χ1v) is 8.76. The van der Waals surface area contributed by atoms with Crippen LogP contribution in [0.15, 0.2) is 29.4 Å².